The second-order valence-electron chi connectivity index (χ2n) is 4.17. The van der Waals surface area contributed by atoms with Crippen LogP contribution in [0, 0.1) is 6.92 Å². The van der Waals surface area contributed by atoms with Crippen molar-refractivity contribution in [2.75, 3.05) is 18.1 Å². The van der Waals surface area contributed by atoms with Gasteiger partial charge in [-0.3, -0.25) is 0 Å². The summed E-state index contributed by atoms with van der Waals surface area (Å²) in [6.07, 6.45) is 0. The molecular weight excluding hydrogens is 434 g/mol. The Labute approximate surface area is 136 Å². The third-order valence-corrected chi connectivity index (χ3v) is 7.63. The molecule has 9 heteroatoms. The molecule has 114 valence electrons. The Balaban J connectivity index is 2.93. The van der Waals surface area contributed by atoms with E-state index in [1.807, 2.05) is 6.92 Å². The van der Waals surface area contributed by atoms with Crippen LogP contribution in [0.5, 0.6) is 0 Å². The van der Waals surface area contributed by atoms with Crippen molar-refractivity contribution in [2.45, 2.75) is 18.7 Å². The van der Waals surface area contributed by atoms with Crippen LogP contribution in [-0.4, -0.2) is 34.9 Å². The van der Waals surface area contributed by atoms with E-state index in [-0.39, 0.29) is 22.9 Å². The highest BCUT2D eigenvalue weighted by molar-refractivity contribution is 9.11. The first-order valence-electron chi connectivity index (χ1n) is 5.75. The molecule has 0 fully saturated rings. The van der Waals surface area contributed by atoms with Crippen molar-refractivity contribution in [3.05, 3.63) is 26.6 Å². The maximum atomic E-state index is 12.1. The van der Waals surface area contributed by atoms with Gasteiger partial charge in [-0.05, 0) is 40.5 Å². The monoisotopic (exact) mass is 447 g/mol. The molecule has 1 N–H and O–H groups in total. The van der Waals surface area contributed by atoms with E-state index in [2.05, 4.69) is 36.6 Å². The van der Waals surface area contributed by atoms with Gasteiger partial charge in [-0.15, -0.1) is 0 Å². The second kappa shape index (κ2) is 6.87. The molecule has 0 aliphatic rings. The van der Waals surface area contributed by atoms with E-state index in [1.165, 1.54) is 13.0 Å². The molecule has 0 bridgehead atoms. The predicted octanol–water partition coefficient (Wildman–Crippen LogP) is 2.23. The van der Waals surface area contributed by atoms with Gasteiger partial charge in [0.05, 0.1) is 10.6 Å². The summed E-state index contributed by atoms with van der Waals surface area (Å²) in [5, 5.41) is 0. The molecule has 1 aromatic carbocycles. The normalized spacial score (nSPS) is 12.6. The summed E-state index contributed by atoms with van der Waals surface area (Å²) in [5.41, 5.74) is 0.893. The average Bonchev–Trinajstić information content (AvgIpc) is 2.33. The van der Waals surface area contributed by atoms with Gasteiger partial charge in [-0.1, -0.05) is 22.9 Å². The molecule has 0 atom stereocenters. The van der Waals surface area contributed by atoms with Crippen LogP contribution in [0.2, 0.25) is 0 Å². The number of rotatable bonds is 6. The van der Waals surface area contributed by atoms with Crippen LogP contribution in [0.15, 0.2) is 26.0 Å². The largest absolute Gasteiger partial charge is 0.241 e. The van der Waals surface area contributed by atoms with Crippen LogP contribution >= 0.6 is 31.9 Å². The molecule has 0 radical (unpaired) electrons. The lowest BCUT2D eigenvalue weighted by Gasteiger charge is -2.10. The molecule has 0 saturated carbocycles. The topological polar surface area (TPSA) is 80.3 Å². The van der Waals surface area contributed by atoms with Crippen molar-refractivity contribution in [1.82, 2.24) is 4.72 Å². The van der Waals surface area contributed by atoms with Gasteiger partial charge in [-0.25, -0.2) is 21.6 Å². The number of halogens is 2. The first-order chi connectivity index (χ1) is 9.09. The average molecular weight is 449 g/mol. The predicted molar refractivity (Wildman–Crippen MR) is 86.1 cm³/mol. The third-order valence-electron chi connectivity index (χ3n) is 2.65. The number of sulfonamides is 1. The van der Waals surface area contributed by atoms with E-state index in [0.29, 0.717) is 8.95 Å². The van der Waals surface area contributed by atoms with Crippen LogP contribution in [0.3, 0.4) is 0 Å². The van der Waals surface area contributed by atoms with Crippen LogP contribution in [0.4, 0.5) is 0 Å². The lowest BCUT2D eigenvalue weighted by atomic mass is 10.2. The molecular formula is C11H15Br2NO4S2. The first kappa shape index (κ1) is 18.1. The van der Waals surface area contributed by atoms with Gasteiger partial charge >= 0.3 is 0 Å². The highest BCUT2D eigenvalue weighted by Crippen LogP contribution is 2.28. The molecule has 0 unspecified atom stereocenters. The number of benzene rings is 1. The zero-order valence-electron chi connectivity index (χ0n) is 11.0. The molecule has 0 aromatic heterocycles. The van der Waals surface area contributed by atoms with E-state index < -0.39 is 19.9 Å². The van der Waals surface area contributed by atoms with Crippen molar-refractivity contribution in [3.63, 3.8) is 0 Å². The number of hydrogen-bond acceptors (Lipinski definition) is 4. The SMILES string of the molecule is CCS(=O)(=O)CCNS(=O)(=O)c1cc(Br)c(C)cc1Br. The summed E-state index contributed by atoms with van der Waals surface area (Å²) >= 11 is 6.48. The van der Waals surface area contributed by atoms with Crippen LogP contribution in [-0.2, 0) is 19.9 Å². The second-order valence-corrected chi connectivity index (χ2v) is 10.1. The van der Waals surface area contributed by atoms with E-state index in [4.69, 9.17) is 0 Å². The van der Waals surface area contributed by atoms with Crippen molar-refractivity contribution >= 4 is 51.7 Å². The first-order valence-corrected chi connectivity index (χ1v) is 10.6. The van der Waals surface area contributed by atoms with Crippen LogP contribution < -0.4 is 4.72 Å². The van der Waals surface area contributed by atoms with Gasteiger partial charge in [-0.2, -0.15) is 0 Å². The minimum atomic E-state index is -3.75. The summed E-state index contributed by atoms with van der Waals surface area (Å²) < 4.78 is 50.3. The Morgan fingerprint density at radius 3 is 2.25 bits per heavy atom. The fraction of sp³-hybridized carbons (Fsp3) is 0.455. The van der Waals surface area contributed by atoms with Crippen LogP contribution in [0.25, 0.3) is 0 Å². The third kappa shape index (κ3) is 4.80. The lowest BCUT2D eigenvalue weighted by molar-refractivity contribution is 0.580. The zero-order valence-corrected chi connectivity index (χ0v) is 15.8. The molecule has 1 rings (SSSR count). The lowest BCUT2D eigenvalue weighted by Crippen LogP contribution is -2.30. The van der Waals surface area contributed by atoms with Crippen molar-refractivity contribution < 1.29 is 16.8 Å². The molecule has 0 spiro atoms. The van der Waals surface area contributed by atoms with Gasteiger partial charge in [0.1, 0.15) is 0 Å². The molecule has 5 nitrogen and oxygen atoms in total. The van der Waals surface area contributed by atoms with Gasteiger partial charge in [0.15, 0.2) is 9.84 Å². The minimum Gasteiger partial charge on any atom is -0.229 e. The summed E-state index contributed by atoms with van der Waals surface area (Å²) in [6.45, 7) is 3.22. The Morgan fingerprint density at radius 1 is 1.10 bits per heavy atom. The summed E-state index contributed by atoms with van der Waals surface area (Å²) in [6, 6.07) is 3.16. The maximum absolute atomic E-state index is 12.1. The zero-order chi connectivity index (χ0) is 15.6. The van der Waals surface area contributed by atoms with Gasteiger partial charge in [0, 0.05) is 21.2 Å². The molecule has 0 heterocycles. The summed E-state index contributed by atoms with van der Waals surface area (Å²) in [4.78, 5) is 0.0730. The summed E-state index contributed by atoms with van der Waals surface area (Å²) in [7, 11) is -6.95. The van der Waals surface area contributed by atoms with Crippen molar-refractivity contribution in [2.24, 2.45) is 0 Å². The highest BCUT2D eigenvalue weighted by Gasteiger charge is 2.19. The number of nitrogens with one attached hydrogen (secondary N) is 1. The number of hydrogen-bond donors (Lipinski definition) is 1. The Morgan fingerprint density at radius 2 is 1.70 bits per heavy atom. The molecule has 0 aliphatic carbocycles. The van der Waals surface area contributed by atoms with Gasteiger partial charge < -0.3 is 0 Å². The molecule has 1 aromatic rings. The van der Waals surface area contributed by atoms with Crippen molar-refractivity contribution in [1.29, 1.82) is 0 Å². The molecule has 0 amide bonds. The van der Waals surface area contributed by atoms with Crippen molar-refractivity contribution in [3.8, 4) is 0 Å². The molecule has 0 saturated heterocycles. The fourth-order valence-electron chi connectivity index (χ4n) is 1.39. The number of sulfone groups is 1. The Bertz CT molecular complexity index is 699. The van der Waals surface area contributed by atoms with E-state index in [9.17, 15) is 16.8 Å². The molecule has 0 aliphatic heterocycles. The quantitative estimate of drug-likeness (QED) is 0.723. The van der Waals surface area contributed by atoms with E-state index in [0.717, 1.165) is 5.56 Å². The minimum absolute atomic E-state index is 0.00545. The van der Waals surface area contributed by atoms with Gasteiger partial charge in [0.25, 0.3) is 0 Å². The van der Waals surface area contributed by atoms with E-state index in [1.54, 1.807) is 6.07 Å². The standard InChI is InChI=1S/C11H15Br2NO4S2/c1-3-19(15,16)5-4-14-20(17,18)11-7-9(12)8(2)6-10(11)13/h6-7,14H,3-5H2,1-2H3. The number of aryl methyl sites for hydroxylation is 1. The van der Waals surface area contributed by atoms with E-state index >= 15 is 0 Å². The smallest absolute Gasteiger partial charge is 0.229 e. The van der Waals surface area contributed by atoms with Crippen LogP contribution in [0.1, 0.15) is 12.5 Å². The van der Waals surface area contributed by atoms with Gasteiger partial charge in [0.2, 0.25) is 10.0 Å². The maximum Gasteiger partial charge on any atom is 0.241 e. The molecule has 20 heavy (non-hydrogen) atoms. The summed E-state index contributed by atoms with van der Waals surface area (Å²) in [5.74, 6) is -0.220. The fourth-order valence-corrected chi connectivity index (χ4v) is 4.93. The Kier molecular flexibility index (Phi) is 6.21. The highest BCUT2D eigenvalue weighted by atomic mass is 79.9. The Hall–Kier alpha value is 0.0400.